The number of oxazole rings is 1. The van der Waals surface area contributed by atoms with Gasteiger partial charge in [-0.1, -0.05) is 23.2 Å². The number of carbonyl (C=O) groups is 2. The van der Waals surface area contributed by atoms with E-state index in [1.807, 2.05) is 4.90 Å². The van der Waals surface area contributed by atoms with Crippen LogP contribution in [0.1, 0.15) is 32.4 Å². The zero-order chi connectivity index (χ0) is 18.7. The predicted octanol–water partition coefficient (Wildman–Crippen LogP) is -1.84. The molecule has 2 aliphatic rings. The summed E-state index contributed by atoms with van der Waals surface area (Å²) in [4.78, 5) is 32.2. The molecule has 1 amide bonds. The van der Waals surface area contributed by atoms with Crippen LogP contribution in [0, 0.1) is 25.7 Å². The van der Waals surface area contributed by atoms with Gasteiger partial charge in [0.2, 0.25) is 0 Å². The number of rotatable bonds is 4. The fourth-order valence-corrected chi connectivity index (χ4v) is 3.97. The SMILES string of the molecule is Cc1nc(N2C[C@@H]3[C@H](C2)[C@@H]3NC(=O)c2[nH]c(C)c(Cl)c2Cl)oc1C(=O)[O-].[Li+]. The second kappa shape index (κ2) is 7.10. The summed E-state index contributed by atoms with van der Waals surface area (Å²) in [6, 6.07) is 0.308. The Balaban J connectivity index is 0.00000210. The Kier molecular flexibility index (Phi) is 5.30. The number of nitrogens with one attached hydrogen (secondary N) is 2. The van der Waals surface area contributed by atoms with Crippen molar-refractivity contribution in [2.24, 2.45) is 11.8 Å². The molecule has 2 aromatic heterocycles. The van der Waals surface area contributed by atoms with Crippen LogP contribution >= 0.6 is 23.2 Å². The maximum Gasteiger partial charge on any atom is 1.00 e. The Morgan fingerprint density at radius 2 is 1.89 bits per heavy atom. The Labute approximate surface area is 176 Å². The third-order valence-electron chi connectivity index (χ3n) is 5.01. The van der Waals surface area contributed by atoms with E-state index < -0.39 is 5.97 Å². The molecule has 1 saturated heterocycles. The molecular formula is C16H15Cl2LiN4O4. The van der Waals surface area contributed by atoms with Crippen LogP contribution in [0.25, 0.3) is 0 Å². The monoisotopic (exact) mass is 404 g/mol. The third kappa shape index (κ3) is 3.36. The van der Waals surface area contributed by atoms with Crippen molar-refractivity contribution in [1.82, 2.24) is 15.3 Å². The molecule has 27 heavy (non-hydrogen) atoms. The molecule has 3 heterocycles. The Morgan fingerprint density at radius 1 is 1.26 bits per heavy atom. The number of aromatic carboxylic acids is 1. The summed E-state index contributed by atoms with van der Waals surface area (Å²) in [7, 11) is 0. The fourth-order valence-electron chi connectivity index (χ4n) is 3.56. The zero-order valence-corrected chi connectivity index (χ0v) is 16.4. The topological polar surface area (TPSA) is 114 Å². The van der Waals surface area contributed by atoms with Crippen molar-refractivity contribution in [1.29, 1.82) is 0 Å². The first kappa shape index (κ1) is 20.1. The molecule has 0 aromatic carbocycles. The number of hydrogen-bond acceptors (Lipinski definition) is 6. The third-order valence-corrected chi connectivity index (χ3v) is 5.96. The standard InChI is InChI=1S/C16H16Cl2N4O4.Li/c1-5-9(17)10(18)12(19-5)14(23)21-11-7-3-22(4-8(7)11)16-20-6(2)13(26-16)15(24)25;/h7-8,11,19H,3-4H2,1-2H3,(H,21,23)(H,24,25);/q;+1/p-1/t7-,8+,11-;. The molecule has 0 bridgehead atoms. The van der Waals surface area contributed by atoms with Gasteiger partial charge in [0.25, 0.3) is 11.9 Å². The number of aryl methyl sites for hydroxylation is 2. The fraction of sp³-hybridized carbons (Fsp3) is 0.438. The molecule has 0 radical (unpaired) electrons. The van der Waals surface area contributed by atoms with Gasteiger partial charge in [-0.05, 0) is 13.8 Å². The molecule has 1 aliphatic carbocycles. The first-order valence-corrected chi connectivity index (χ1v) is 8.81. The second-order valence-corrected chi connectivity index (χ2v) is 7.44. The van der Waals surface area contributed by atoms with E-state index in [0.29, 0.717) is 29.5 Å². The molecule has 138 valence electrons. The molecule has 3 atom stereocenters. The Hall–Kier alpha value is -1.59. The first-order valence-electron chi connectivity index (χ1n) is 8.06. The van der Waals surface area contributed by atoms with E-state index in [-0.39, 0.29) is 65.1 Å². The van der Waals surface area contributed by atoms with Crippen molar-refractivity contribution < 1.29 is 38.0 Å². The molecule has 2 aromatic rings. The number of amides is 1. The number of carbonyl (C=O) groups excluding carboxylic acids is 2. The van der Waals surface area contributed by atoms with Crippen LogP contribution in [0.4, 0.5) is 6.01 Å². The summed E-state index contributed by atoms with van der Waals surface area (Å²) in [5.74, 6) is -1.42. The van der Waals surface area contributed by atoms with E-state index in [1.165, 1.54) is 0 Å². The van der Waals surface area contributed by atoms with Crippen LogP contribution in [0.3, 0.4) is 0 Å². The van der Waals surface area contributed by atoms with Gasteiger partial charge in [0.05, 0.1) is 15.7 Å². The molecule has 2 N–H and O–H groups in total. The predicted molar refractivity (Wildman–Crippen MR) is 91.6 cm³/mol. The summed E-state index contributed by atoms with van der Waals surface area (Å²) < 4.78 is 5.27. The van der Waals surface area contributed by atoms with Gasteiger partial charge in [0.15, 0.2) is 5.76 Å². The minimum Gasteiger partial charge on any atom is -0.541 e. The van der Waals surface area contributed by atoms with Crippen molar-refractivity contribution in [3.8, 4) is 0 Å². The van der Waals surface area contributed by atoms with Crippen LogP contribution < -0.4 is 34.2 Å². The molecule has 0 unspecified atom stereocenters. The Morgan fingerprint density at radius 3 is 2.37 bits per heavy atom. The molecule has 11 heteroatoms. The van der Waals surface area contributed by atoms with Crippen molar-refractivity contribution in [3.05, 3.63) is 32.9 Å². The van der Waals surface area contributed by atoms with Gasteiger partial charge in [0.1, 0.15) is 11.7 Å². The number of carboxylic acids is 1. The molecule has 1 aliphatic heterocycles. The summed E-state index contributed by atoms with van der Waals surface area (Å²) in [6.45, 7) is 4.56. The number of aromatic nitrogens is 2. The van der Waals surface area contributed by atoms with Gasteiger partial charge >= 0.3 is 18.9 Å². The minimum absolute atomic E-state index is 0. The summed E-state index contributed by atoms with van der Waals surface area (Å²) in [5, 5.41) is 14.5. The number of carboxylic acid groups (broad SMARTS) is 1. The van der Waals surface area contributed by atoms with Gasteiger partial charge in [-0.25, -0.2) is 0 Å². The van der Waals surface area contributed by atoms with Gasteiger partial charge in [-0.3, -0.25) is 4.79 Å². The number of H-pyrrole nitrogens is 1. The smallest absolute Gasteiger partial charge is 0.541 e. The van der Waals surface area contributed by atoms with Crippen LogP contribution in [0.15, 0.2) is 4.42 Å². The normalized spacial score (nSPS) is 23.0. The van der Waals surface area contributed by atoms with Gasteiger partial charge < -0.3 is 29.5 Å². The molecule has 1 saturated carbocycles. The number of halogens is 2. The average molecular weight is 405 g/mol. The minimum atomic E-state index is -1.38. The van der Waals surface area contributed by atoms with E-state index in [9.17, 15) is 14.7 Å². The van der Waals surface area contributed by atoms with Crippen molar-refractivity contribution in [2.45, 2.75) is 19.9 Å². The summed E-state index contributed by atoms with van der Waals surface area (Å²) in [6.07, 6.45) is 0. The van der Waals surface area contributed by atoms with Crippen LogP contribution in [0.5, 0.6) is 0 Å². The maximum atomic E-state index is 12.4. The first-order chi connectivity index (χ1) is 12.3. The molecular weight excluding hydrogens is 390 g/mol. The largest absolute Gasteiger partial charge is 1.00 e. The Bertz CT molecular complexity index is 916. The second-order valence-electron chi connectivity index (χ2n) is 6.68. The van der Waals surface area contributed by atoms with Crippen LogP contribution in [-0.4, -0.2) is 41.0 Å². The van der Waals surface area contributed by atoms with E-state index in [1.54, 1.807) is 13.8 Å². The molecule has 4 rings (SSSR count). The number of aromatic amines is 1. The number of fused-ring (bicyclic) bond motifs is 1. The molecule has 2 fully saturated rings. The summed E-state index contributed by atoms with van der Waals surface area (Å²) in [5.41, 5.74) is 1.20. The van der Waals surface area contributed by atoms with Crippen LogP contribution in [-0.2, 0) is 0 Å². The number of nitrogens with zero attached hydrogens (tertiary/aromatic N) is 2. The summed E-state index contributed by atoms with van der Waals surface area (Å²) >= 11 is 12.1. The van der Waals surface area contributed by atoms with Gasteiger partial charge in [-0.15, -0.1) is 0 Å². The van der Waals surface area contributed by atoms with Gasteiger partial charge in [-0.2, -0.15) is 4.98 Å². The number of hydrogen-bond donors (Lipinski definition) is 2. The van der Waals surface area contributed by atoms with E-state index in [4.69, 9.17) is 27.6 Å². The zero-order valence-electron chi connectivity index (χ0n) is 14.9. The van der Waals surface area contributed by atoms with E-state index in [2.05, 4.69) is 15.3 Å². The van der Waals surface area contributed by atoms with Crippen molar-refractivity contribution >= 4 is 41.1 Å². The quantitative estimate of drug-likeness (QED) is 0.578. The molecule has 0 spiro atoms. The van der Waals surface area contributed by atoms with Crippen LogP contribution in [0.2, 0.25) is 10.0 Å². The number of anilines is 1. The maximum absolute atomic E-state index is 12.4. The molecule has 8 nitrogen and oxygen atoms in total. The van der Waals surface area contributed by atoms with E-state index >= 15 is 0 Å². The van der Waals surface area contributed by atoms with Gasteiger partial charge in [0, 0.05) is 36.7 Å². The average Bonchev–Trinajstić information content (AvgIpc) is 2.97. The van der Waals surface area contributed by atoms with Crippen molar-refractivity contribution in [3.63, 3.8) is 0 Å². The van der Waals surface area contributed by atoms with Crippen molar-refractivity contribution in [2.75, 3.05) is 18.0 Å². The van der Waals surface area contributed by atoms with E-state index in [0.717, 1.165) is 0 Å². The number of piperidine rings is 1.